The number of para-hydroxylation sites is 1. The molecule has 7 aromatic rings. The van der Waals surface area contributed by atoms with E-state index < -0.39 is 0 Å². The van der Waals surface area contributed by atoms with Crippen LogP contribution in [0.25, 0.3) is 49.5 Å². The summed E-state index contributed by atoms with van der Waals surface area (Å²) < 4.78 is 2.27. The highest BCUT2D eigenvalue weighted by atomic mass is 15.2. The Hall–Kier alpha value is -4.96. The van der Waals surface area contributed by atoms with Crippen molar-refractivity contribution in [3.63, 3.8) is 0 Å². The molecule has 3 aromatic heterocycles. The molecule has 36 heavy (non-hydrogen) atoms. The molecule has 0 saturated heterocycles. The minimum atomic E-state index is 0.903. The fourth-order valence-corrected chi connectivity index (χ4v) is 5.73. The van der Waals surface area contributed by atoms with Gasteiger partial charge in [-0.25, -0.2) is 9.97 Å². The van der Waals surface area contributed by atoms with Crippen molar-refractivity contribution in [2.45, 2.75) is 0 Å². The second-order valence-corrected chi connectivity index (χ2v) is 9.13. The maximum Gasteiger partial charge on any atom is 0.137 e. The van der Waals surface area contributed by atoms with E-state index in [1.165, 1.54) is 32.7 Å². The molecule has 1 aliphatic rings. The third-order valence-corrected chi connectivity index (χ3v) is 7.20. The SMILES string of the molecule is c1ccc(N2c3cc4c(cc3-c3cccc5cccc2c35)c2ccccc2n4-c2ccccn2)nc1. The quantitative estimate of drug-likeness (QED) is 0.261. The number of aromatic nitrogens is 3. The third kappa shape index (κ3) is 2.58. The second-order valence-electron chi connectivity index (χ2n) is 9.13. The molecule has 0 radical (unpaired) electrons. The Morgan fingerprint density at radius 1 is 0.500 bits per heavy atom. The molecule has 0 aliphatic carbocycles. The molecule has 168 valence electrons. The first-order valence-corrected chi connectivity index (χ1v) is 12.1. The number of nitrogens with zero attached hydrogens (tertiary/aromatic N) is 4. The van der Waals surface area contributed by atoms with Crippen molar-refractivity contribution in [2.24, 2.45) is 0 Å². The van der Waals surface area contributed by atoms with Crippen molar-refractivity contribution in [1.29, 1.82) is 0 Å². The lowest BCUT2D eigenvalue weighted by molar-refractivity contribution is 1.08. The monoisotopic (exact) mass is 460 g/mol. The summed E-state index contributed by atoms with van der Waals surface area (Å²) in [5, 5.41) is 4.92. The van der Waals surface area contributed by atoms with Crippen LogP contribution in [0.1, 0.15) is 0 Å². The highest BCUT2D eigenvalue weighted by Crippen LogP contribution is 2.52. The van der Waals surface area contributed by atoms with Crippen LogP contribution in [0, 0.1) is 0 Å². The number of pyridine rings is 2. The number of anilines is 3. The van der Waals surface area contributed by atoms with Gasteiger partial charge in [-0.05, 0) is 59.5 Å². The van der Waals surface area contributed by atoms with E-state index in [0.717, 1.165) is 34.0 Å². The number of rotatable bonds is 2. The van der Waals surface area contributed by atoms with Gasteiger partial charge in [0.15, 0.2) is 0 Å². The zero-order chi connectivity index (χ0) is 23.6. The zero-order valence-corrected chi connectivity index (χ0v) is 19.3. The van der Waals surface area contributed by atoms with Crippen LogP contribution in [0.4, 0.5) is 17.2 Å². The number of hydrogen-bond acceptors (Lipinski definition) is 3. The average molecular weight is 461 g/mol. The smallest absolute Gasteiger partial charge is 0.137 e. The van der Waals surface area contributed by atoms with Crippen LogP contribution in [-0.2, 0) is 0 Å². The van der Waals surface area contributed by atoms with Gasteiger partial charge in [0.25, 0.3) is 0 Å². The van der Waals surface area contributed by atoms with Gasteiger partial charge in [0.2, 0.25) is 0 Å². The van der Waals surface area contributed by atoms with E-state index >= 15 is 0 Å². The van der Waals surface area contributed by atoms with Crippen LogP contribution in [0.2, 0.25) is 0 Å². The predicted molar refractivity (Wildman–Crippen MR) is 148 cm³/mol. The predicted octanol–water partition coefficient (Wildman–Crippen LogP) is 8.18. The highest BCUT2D eigenvalue weighted by molar-refractivity contribution is 6.18. The van der Waals surface area contributed by atoms with Crippen molar-refractivity contribution in [3.05, 3.63) is 122 Å². The highest BCUT2D eigenvalue weighted by Gasteiger charge is 2.28. The van der Waals surface area contributed by atoms with Gasteiger partial charge in [0, 0.05) is 34.1 Å². The summed E-state index contributed by atoms with van der Waals surface area (Å²) in [5.74, 6) is 1.81. The Morgan fingerprint density at radius 3 is 2.06 bits per heavy atom. The van der Waals surface area contributed by atoms with Crippen LogP contribution in [0.3, 0.4) is 0 Å². The first-order chi connectivity index (χ1) is 17.9. The molecule has 0 N–H and O–H groups in total. The molecular formula is C32H20N4. The summed E-state index contributed by atoms with van der Waals surface area (Å²) in [6.45, 7) is 0. The minimum Gasteiger partial charge on any atom is -0.294 e. The third-order valence-electron chi connectivity index (χ3n) is 7.20. The lowest BCUT2D eigenvalue weighted by Gasteiger charge is -2.32. The maximum atomic E-state index is 4.77. The van der Waals surface area contributed by atoms with Gasteiger partial charge in [-0.15, -0.1) is 0 Å². The Bertz CT molecular complexity index is 1930. The van der Waals surface area contributed by atoms with E-state index in [4.69, 9.17) is 9.97 Å². The second kappa shape index (κ2) is 7.27. The topological polar surface area (TPSA) is 34.0 Å². The lowest BCUT2D eigenvalue weighted by atomic mass is 9.90. The number of fused-ring (bicyclic) bond motifs is 5. The van der Waals surface area contributed by atoms with Crippen molar-refractivity contribution >= 4 is 49.8 Å². The summed E-state index contributed by atoms with van der Waals surface area (Å²) in [5.41, 5.74) is 7.00. The molecule has 0 fully saturated rings. The standard InChI is InChI=1S/C32H20N4/c1-2-13-26-22(11-1)24-19-25-23-12-7-9-21-10-8-14-27(32(21)23)36(31-16-4-6-18-34-31)29(25)20-28(24)35(26)30-15-3-5-17-33-30/h1-20H. The van der Waals surface area contributed by atoms with E-state index in [1.54, 1.807) is 0 Å². The Labute approximate surface area is 207 Å². The van der Waals surface area contributed by atoms with Gasteiger partial charge in [-0.2, -0.15) is 0 Å². The maximum absolute atomic E-state index is 4.77. The van der Waals surface area contributed by atoms with Crippen LogP contribution in [0.15, 0.2) is 122 Å². The minimum absolute atomic E-state index is 0.903. The van der Waals surface area contributed by atoms with Crippen LogP contribution in [0.5, 0.6) is 0 Å². The first kappa shape index (κ1) is 19.4. The van der Waals surface area contributed by atoms with E-state index in [2.05, 4.69) is 94.4 Å². The van der Waals surface area contributed by atoms with Crippen molar-refractivity contribution in [2.75, 3.05) is 4.90 Å². The van der Waals surface area contributed by atoms with Gasteiger partial charge >= 0.3 is 0 Å². The molecule has 0 amide bonds. The Morgan fingerprint density at radius 2 is 1.25 bits per heavy atom. The average Bonchev–Trinajstić information content (AvgIpc) is 3.27. The molecule has 4 aromatic carbocycles. The fourth-order valence-electron chi connectivity index (χ4n) is 5.73. The first-order valence-electron chi connectivity index (χ1n) is 12.1. The van der Waals surface area contributed by atoms with Gasteiger partial charge in [-0.3, -0.25) is 9.47 Å². The van der Waals surface area contributed by atoms with Crippen molar-refractivity contribution in [1.82, 2.24) is 14.5 Å². The van der Waals surface area contributed by atoms with Gasteiger partial charge in [-0.1, -0.05) is 60.7 Å². The normalized spacial score (nSPS) is 12.4. The number of benzene rings is 4. The molecule has 4 nitrogen and oxygen atoms in total. The molecule has 0 spiro atoms. The molecule has 8 rings (SSSR count). The summed E-state index contributed by atoms with van der Waals surface area (Å²) in [7, 11) is 0. The molecule has 4 heteroatoms. The summed E-state index contributed by atoms with van der Waals surface area (Å²) >= 11 is 0. The Balaban J connectivity index is 1.56. The van der Waals surface area contributed by atoms with E-state index in [9.17, 15) is 0 Å². The molecule has 4 heterocycles. The lowest BCUT2D eigenvalue weighted by Crippen LogP contribution is -2.16. The summed E-state index contributed by atoms with van der Waals surface area (Å²) in [6.07, 6.45) is 3.71. The molecule has 0 bridgehead atoms. The van der Waals surface area contributed by atoms with Crippen molar-refractivity contribution in [3.8, 4) is 16.9 Å². The van der Waals surface area contributed by atoms with E-state index in [-0.39, 0.29) is 0 Å². The largest absolute Gasteiger partial charge is 0.294 e. The van der Waals surface area contributed by atoms with E-state index in [0.29, 0.717) is 0 Å². The van der Waals surface area contributed by atoms with Crippen LogP contribution in [-0.4, -0.2) is 14.5 Å². The number of hydrogen-bond donors (Lipinski definition) is 0. The molecular weight excluding hydrogens is 440 g/mol. The van der Waals surface area contributed by atoms with Crippen LogP contribution >= 0.6 is 0 Å². The summed E-state index contributed by atoms with van der Waals surface area (Å²) in [6, 6.07) is 38.5. The van der Waals surface area contributed by atoms with Crippen molar-refractivity contribution < 1.29 is 0 Å². The van der Waals surface area contributed by atoms with E-state index in [1.807, 2.05) is 36.7 Å². The molecule has 0 atom stereocenters. The van der Waals surface area contributed by atoms with Gasteiger partial charge < -0.3 is 0 Å². The van der Waals surface area contributed by atoms with Crippen LogP contribution < -0.4 is 4.90 Å². The zero-order valence-electron chi connectivity index (χ0n) is 19.3. The molecule has 0 unspecified atom stereocenters. The fraction of sp³-hybridized carbons (Fsp3) is 0. The Kier molecular flexibility index (Phi) is 3.91. The molecule has 0 saturated carbocycles. The van der Waals surface area contributed by atoms with Gasteiger partial charge in [0.1, 0.15) is 11.6 Å². The van der Waals surface area contributed by atoms with Gasteiger partial charge in [0.05, 0.1) is 22.4 Å². The summed E-state index contributed by atoms with van der Waals surface area (Å²) in [4.78, 5) is 11.8. The molecule has 1 aliphatic heterocycles.